The van der Waals surface area contributed by atoms with Crippen molar-refractivity contribution >= 4 is 17.7 Å². The zero-order chi connectivity index (χ0) is 12.8. The van der Waals surface area contributed by atoms with Gasteiger partial charge in [-0.1, -0.05) is 42.1 Å². The van der Waals surface area contributed by atoms with Gasteiger partial charge >= 0.3 is 5.97 Å². The van der Waals surface area contributed by atoms with Crippen LogP contribution in [-0.2, 0) is 6.42 Å². The molecule has 94 valence electrons. The monoisotopic (exact) mass is 262 g/mol. The van der Waals surface area contributed by atoms with Gasteiger partial charge in [0.25, 0.3) is 0 Å². The van der Waals surface area contributed by atoms with Crippen molar-refractivity contribution in [2.75, 3.05) is 5.75 Å². The number of rotatable bonds is 6. The van der Waals surface area contributed by atoms with Crippen LogP contribution in [0.1, 0.15) is 22.5 Å². The van der Waals surface area contributed by atoms with Crippen LogP contribution in [0.5, 0.6) is 0 Å². The van der Waals surface area contributed by atoms with Crippen LogP contribution in [0.15, 0.2) is 52.0 Å². The van der Waals surface area contributed by atoms with Crippen molar-refractivity contribution < 1.29 is 14.3 Å². The lowest BCUT2D eigenvalue weighted by Gasteiger charge is -2.00. The van der Waals surface area contributed by atoms with Gasteiger partial charge in [0, 0.05) is 5.75 Å². The van der Waals surface area contributed by atoms with Gasteiger partial charge in [-0.3, -0.25) is 0 Å². The maximum atomic E-state index is 10.6. The first-order valence-electron chi connectivity index (χ1n) is 5.75. The van der Waals surface area contributed by atoms with E-state index in [2.05, 4.69) is 12.1 Å². The molecule has 1 N–H and O–H groups in total. The van der Waals surface area contributed by atoms with Crippen LogP contribution >= 0.6 is 11.8 Å². The zero-order valence-electron chi connectivity index (χ0n) is 9.83. The summed E-state index contributed by atoms with van der Waals surface area (Å²) in [7, 11) is 0. The molecule has 0 spiro atoms. The third kappa shape index (κ3) is 3.67. The summed E-state index contributed by atoms with van der Waals surface area (Å²) >= 11 is 1.55. The fourth-order valence-electron chi connectivity index (χ4n) is 1.61. The molecule has 2 rings (SSSR count). The predicted molar refractivity (Wildman–Crippen MR) is 71.2 cm³/mol. The Morgan fingerprint density at radius 2 is 1.94 bits per heavy atom. The van der Waals surface area contributed by atoms with Gasteiger partial charge in [-0.25, -0.2) is 4.79 Å². The summed E-state index contributed by atoms with van der Waals surface area (Å²) in [6, 6.07) is 13.5. The molecule has 0 aliphatic carbocycles. The number of carboxylic acid groups (broad SMARTS) is 1. The number of carboxylic acids is 1. The molecule has 0 saturated heterocycles. The minimum Gasteiger partial charge on any atom is -0.475 e. The van der Waals surface area contributed by atoms with Crippen LogP contribution in [0, 0.1) is 0 Å². The molecule has 0 radical (unpaired) electrons. The van der Waals surface area contributed by atoms with E-state index in [9.17, 15) is 4.79 Å². The van der Waals surface area contributed by atoms with Crippen LogP contribution in [0.25, 0.3) is 0 Å². The van der Waals surface area contributed by atoms with Gasteiger partial charge < -0.3 is 9.52 Å². The van der Waals surface area contributed by atoms with Crippen LogP contribution in [0.2, 0.25) is 0 Å². The van der Waals surface area contributed by atoms with E-state index in [-0.39, 0.29) is 5.76 Å². The molecule has 0 bridgehead atoms. The van der Waals surface area contributed by atoms with Crippen molar-refractivity contribution in [3.63, 3.8) is 0 Å². The Kier molecular flexibility index (Phi) is 4.47. The number of aryl methyl sites for hydroxylation is 1. The predicted octanol–water partition coefficient (Wildman–Crippen LogP) is 3.70. The number of carbonyl (C=O) groups is 1. The summed E-state index contributed by atoms with van der Waals surface area (Å²) in [5.74, 6) is -0.103. The molecule has 4 heteroatoms. The standard InChI is InChI=1S/C14H14O3S/c15-14(16)12-8-9-13(17-12)18-10-4-7-11-5-2-1-3-6-11/h1-3,5-6,8-9H,4,7,10H2,(H,15,16). The molecule has 3 nitrogen and oxygen atoms in total. The molecule has 1 aromatic heterocycles. The van der Waals surface area contributed by atoms with E-state index >= 15 is 0 Å². The summed E-state index contributed by atoms with van der Waals surface area (Å²) in [5, 5.41) is 9.38. The highest BCUT2D eigenvalue weighted by atomic mass is 32.2. The van der Waals surface area contributed by atoms with Gasteiger partial charge in [-0.15, -0.1) is 0 Å². The molecule has 0 unspecified atom stereocenters. The summed E-state index contributed by atoms with van der Waals surface area (Å²) in [4.78, 5) is 10.6. The topological polar surface area (TPSA) is 50.4 Å². The minimum atomic E-state index is -1.02. The first kappa shape index (κ1) is 12.8. The number of thioether (sulfide) groups is 1. The van der Waals surface area contributed by atoms with Gasteiger partial charge in [0.1, 0.15) is 0 Å². The highest BCUT2D eigenvalue weighted by Gasteiger charge is 2.08. The lowest BCUT2D eigenvalue weighted by molar-refractivity contribution is 0.0656. The fraction of sp³-hybridized carbons (Fsp3) is 0.214. The highest BCUT2D eigenvalue weighted by molar-refractivity contribution is 7.99. The molecular weight excluding hydrogens is 248 g/mol. The number of hydrogen-bond acceptors (Lipinski definition) is 3. The third-order valence-corrected chi connectivity index (χ3v) is 3.49. The third-order valence-electron chi connectivity index (χ3n) is 2.49. The molecule has 18 heavy (non-hydrogen) atoms. The van der Waals surface area contributed by atoms with Gasteiger partial charge in [-0.2, -0.15) is 0 Å². The van der Waals surface area contributed by atoms with Crippen molar-refractivity contribution in [2.45, 2.75) is 17.9 Å². The summed E-state index contributed by atoms with van der Waals surface area (Å²) in [5.41, 5.74) is 1.32. The first-order chi connectivity index (χ1) is 8.75. The average Bonchev–Trinajstić information content (AvgIpc) is 2.85. The van der Waals surface area contributed by atoms with Crippen molar-refractivity contribution in [3.8, 4) is 0 Å². The zero-order valence-corrected chi connectivity index (χ0v) is 10.7. The van der Waals surface area contributed by atoms with Crippen molar-refractivity contribution in [2.24, 2.45) is 0 Å². The Hall–Kier alpha value is -1.68. The van der Waals surface area contributed by atoms with E-state index in [0.717, 1.165) is 18.6 Å². The number of benzene rings is 1. The van der Waals surface area contributed by atoms with Crippen LogP contribution < -0.4 is 0 Å². The maximum absolute atomic E-state index is 10.6. The number of aromatic carboxylic acids is 1. The van der Waals surface area contributed by atoms with Crippen LogP contribution in [0.4, 0.5) is 0 Å². The van der Waals surface area contributed by atoms with Gasteiger partial charge in [0.05, 0.1) is 0 Å². The van der Waals surface area contributed by atoms with Crippen molar-refractivity contribution in [1.29, 1.82) is 0 Å². The van der Waals surface area contributed by atoms with Gasteiger partial charge in [0.15, 0.2) is 5.09 Å². The SMILES string of the molecule is O=C(O)c1ccc(SCCCc2ccccc2)o1. The lowest BCUT2D eigenvalue weighted by Crippen LogP contribution is -1.91. The summed E-state index contributed by atoms with van der Waals surface area (Å²) in [6.07, 6.45) is 2.07. The van der Waals surface area contributed by atoms with Gasteiger partial charge in [-0.05, 0) is 30.5 Å². The normalized spacial score (nSPS) is 10.4. The number of hydrogen-bond donors (Lipinski definition) is 1. The second-order valence-electron chi connectivity index (χ2n) is 3.86. The Balaban J connectivity index is 1.73. The summed E-state index contributed by atoms with van der Waals surface area (Å²) in [6.45, 7) is 0. The Labute approximate surface area is 110 Å². The highest BCUT2D eigenvalue weighted by Crippen LogP contribution is 2.22. The van der Waals surface area contributed by atoms with Crippen molar-refractivity contribution in [3.05, 3.63) is 53.8 Å². The van der Waals surface area contributed by atoms with E-state index in [1.807, 2.05) is 18.2 Å². The van der Waals surface area contributed by atoms with E-state index in [1.165, 1.54) is 11.6 Å². The molecule has 0 amide bonds. The first-order valence-corrected chi connectivity index (χ1v) is 6.74. The smallest absolute Gasteiger partial charge is 0.371 e. The molecule has 0 atom stereocenters. The van der Waals surface area contributed by atoms with E-state index in [4.69, 9.17) is 9.52 Å². The van der Waals surface area contributed by atoms with E-state index in [0.29, 0.717) is 5.09 Å². The molecular formula is C14H14O3S. The Morgan fingerprint density at radius 1 is 1.17 bits per heavy atom. The minimum absolute atomic E-state index is 0.000518. The van der Waals surface area contributed by atoms with Gasteiger partial charge in [0.2, 0.25) is 5.76 Å². The molecule has 1 heterocycles. The molecule has 1 aromatic carbocycles. The fourth-order valence-corrected chi connectivity index (χ4v) is 2.41. The van der Waals surface area contributed by atoms with Crippen LogP contribution in [-0.4, -0.2) is 16.8 Å². The van der Waals surface area contributed by atoms with E-state index < -0.39 is 5.97 Å². The molecule has 0 aliphatic heterocycles. The Morgan fingerprint density at radius 3 is 2.61 bits per heavy atom. The van der Waals surface area contributed by atoms with Crippen molar-refractivity contribution in [1.82, 2.24) is 0 Å². The lowest BCUT2D eigenvalue weighted by atomic mass is 10.1. The quantitative estimate of drug-likeness (QED) is 0.637. The molecule has 0 aliphatic rings. The largest absolute Gasteiger partial charge is 0.475 e. The molecule has 0 fully saturated rings. The maximum Gasteiger partial charge on any atom is 0.371 e. The van der Waals surface area contributed by atoms with E-state index in [1.54, 1.807) is 17.8 Å². The van der Waals surface area contributed by atoms with Crippen LogP contribution in [0.3, 0.4) is 0 Å². The second kappa shape index (κ2) is 6.31. The summed E-state index contributed by atoms with van der Waals surface area (Å²) < 4.78 is 5.16. The number of furan rings is 1. The Bertz CT molecular complexity index is 505. The molecule has 0 saturated carbocycles. The molecule has 2 aromatic rings. The average molecular weight is 262 g/mol. The second-order valence-corrected chi connectivity index (χ2v) is 4.96.